The van der Waals surface area contributed by atoms with Gasteiger partial charge < -0.3 is 14.0 Å². The summed E-state index contributed by atoms with van der Waals surface area (Å²) in [5.41, 5.74) is 4.79. The average Bonchev–Trinajstić information content (AvgIpc) is 3.53. The number of allylic oxidation sites excluding steroid dienone is 1. The van der Waals surface area contributed by atoms with Crippen molar-refractivity contribution in [1.29, 1.82) is 0 Å². The van der Waals surface area contributed by atoms with Crippen molar-refractivity contribution >= 4 is 22.8 Å². The first-order chi connectivity index (χ1) is 15.6. The molecule has 3 aliphatic rings. The number of ketones is 1. The molecule has 0 amide bonds. The fraction of sp³-hybridized carbons (Fsp3) is 0.370. The lowest BCUT2D eigenvalue weighted by Gasteiger charge is -2.34. The lowest BCUT2D eigenvalue weighted by Crippen LogP contribution is -2.39. The van der Waals surface area contributed by atoms with Gasteiger partial charge in [-0.15, -0.1) is 0 Å². The van der Waals surface area contributed by atoms with Gasteiger partial charge in [0, 0.05) is 41.8 Å². The molecular weight excluding hydrogens is 400 g/mol. The van der Waals surface area contributed by atoms with E-state index in [4.69, 9.17) is 9.47 Å². The van der Waals surface area contributed by atoms with Crippen LogP contribution in [0.4, 0.5) is 0 Å². The Morgan fingerprint density at radius 2 is 2.00 bits per heavy atom. The summed E-state index contributed by atoms with van der Waals surface area (Å²) in [4.78, 5) is 15.8. The summed E-state index contributed by atoms with van der Waals surface area (Å²) < 4.78 is 14.6. The number of benzene rings is 2. The average molecular weight is 429 g/mol. The zero-order valence-electron chi connectivity index (χ0n) is 18.7. The predicted octanol–water partition coefficient (Wildman–Crippen LogP) is 5.68. The molecular formula is C27H28N2O3. The van der Waals surface area contributed by atoms with Crippen LogP contribution in [-0.4, -0.2) is 28.0 Å². The molecule has 1 aromatic heterocycles. The standard InChI is InChI=1S/C27H28N2O3/c1-3-28-14-18(20-10-6-7-11-22(20)28)13-24-26(30)25-17(2)12-23-21(27(25)32-24)15-29(16-31-23)19-8-4-5-9-19/h6-7,10-14,19H,3-5,8-9,15-16H2,1-2H3/b24-13-. The Bertz CT molecular complexity index is 1260. The Kier molecular flexibility index (Phi) is 4.61. The van der Waals surface area contributed by atoms with Crippen LogP contribution in [0.1, 0.15) is 59.7 Å². The van der Waals surface area contributed by atoms with Gasteiger partial charge in [-0.05, 0) is 50.5 Å². The van der Waals surface area contributed by atoms with Gasteiger partial charge in [0.1, 0.15) is 18.2 Å². The minimum absolute atomic E-state index is 0.0355. The van der Waals surface area contributed by atoms with Gasteiger partial charge in [-0.3, -0.25) is 9.69 Å². The third kappa shape index (κ3) is 2.99. The van der Waals surface area contributed by atoms with E-state index in [1.54, 1.807) is 0 Å². The molecule has 1 saturated carbocycles. The Labute approximate surface area is 188 Å². The molecule has 0 saturated heterocycles. The van der Waals surface area contributed by atoms with Gasteiger partial charge in [0.15, 0.2) is 5.76 Å². The first-order valence-electron chi connectivity index (χ1n) is 11.7. The normalized spacial score (nSPS) is 19.9. The van der Waals surface area contributed by atoms with E-state index >= 15 is 0 Å². The molecule has 1 fully saturated rings. The van der Waals surface area contributed by atoms with Gasteiger partial charge in [-0.2, -0.15) is 0 Å². The third-order valence-corrected chi connectivity index (χ3v) is 7.24. The number of aromatic nitrogens is 1. The van der Waals surface area contributed by atoms with Gasteiger partial charge in [0.05, 0.1) is 11.1 Å². The second-order valence-corrected chi connectivity index (χ2v) is 9.16. The molecule has 5 heteroatoms. The number of rotatable bonds is 3. The van der Waals surface area contributed by atoms with Crippen LogP contribution in [0.25, 0.3) is 17.0 Å². The van der Waals surface area contributed by atoms with Crippen LogP contribution in [0.5, 0.6) is 11.5 Å². The van der Waals surface area contributed by atoms with Crippen molar-refractivity contribution in [3.8, 4) is 11.5 Å². The molecule has 2 aromatic carbocycles. The largest absolute Gasteiger partial charge is 0.478 e. The Morgan fingerprint density at radius 1 is 1.19 bits per heavy atom. The maximum Gasteiger partial charge on any atom is 0.232 e. The second-order valence-electron chi connectivity index (χ2n) is 9.16. The van der Waals surface area contributed by atoms with Crippen molar-refractivity contribution < 1.29 is 14.3 Å². The van der Waals surface area contributed by atoms with Gasteiger partial charge in [0.2, 0.25) is 5.78 Å². The van der Waals surface area contributed by atoms with Gasteiger partial charge in [-0.1, -0.05) is 31.0 Å². The van der Waals surface area contributed by atoms with E-state index in [-0.39, 0.29) is 5.78 Å². The summed E-state index contributed by atoms with van der Waals surface area (Å²) in [6, 6.07) is 10.9. The molecule has 6 rings (SSSR count). The lowest BCUT2D eigenvalue weighted by atomic mass is 9.98. The Morgan fingerprint density at radius 3 is 2.81 bits per heavy atom. The second kappa shape index (κ2) is 7.52. The Balaban J connectivity index is 1.40. The molecule has 2 aliphatic heterocycles. The quantitative estimate of drug-likeness (QED) is 0.504. The Hall–Kier alpha value is -3.05. The highest BCUT2D eigenvalue weighted by Crippen LogP contribution is 2.45. The summed E-state index contributed by atoms with van der Waals surface area (Å²) in [5, 5.41) is 1.13. The summed E-state index contributed by atoms with van der Waals surface area (Å²) in [6.07, 6.45) is 9.02. The molecule has 3 aromatic rings. The maximum absolute atomic E-state index is 13.4. The van der Waals surface area contributed by atoms with Crippen LogP contribution in [0.2, 0.25) is 0 Å². The summed E-state index contributed by atoms with van der Waals surface area (Å²) in [6.45, 7) is 6.36. The number of fused-ring (bicyclic) bond motifs is 4. The van der Waals surface area contributed by atoms with E-state index < -0.39 is 0 Å². The van der Waals surface area contributed by atoms with Crippen molar-refractivity contribution in [3.05, 3.63) is 64.5 Å². The van der Waals surface area contributed by atoms with E-state index in [0.29, 0.717) is 29.8 Å². The van der Waals surface area contributed by atoms with Crippen molar-refractivity contribution in [2.75, 3.05) is 6.73 Å². The van der Waals surface area contributed by atoms with E-state index in [1.165, 1.54) is 31.2 Å². The maximum atomic E-state index is 13.4. The molecule has 0 N–H and O–H groups in total. The number of nitrogens with zero attached hydrogens (tertiary/aromatic N) is 2. The zero-order valence-corrected chi connectivity index (χ0v) is 18.7. The highest BCUT2D eigenvalue weighted by Gasteiger charge is 2.37. The van der Waals surface area contributed by atoms with Crippen molar-refractivity contribution in [2.24, 2.45) is 0 Å². The minimum atomic E-state index is -0.0355. The molecule has 0 atom stereocenters. The number of hydrogen-bond donors (Lipinski definition) is 0. The number of Topliss-reactive ketones (excluding diaryl/α,β-unsaturated/α-hetero) is 1. The molecule has 0 spiro atoms. The number of hydrogen-bond acceptors (Lipinski definition) is 4. The van der Waals surface area contributed by atoms with E-state index in [9.17, 15) is 4.79 Å². The van der Waals surface area contributed by atoms with E-state index in [1.807, 2.05) is 31.2 Å². The van der Waals surface area contributed by atoms with Crippen molar-refractivity contribution in [3.63, 3.8) is 0 Å². The zero-order chi connectivity index (χ0) is 21.8. The highest BCUT2D eigenvalue weighted by atomic mass is 16.5. The first kappa shape index (κ1) is 19.6. The number of ether oxygens (including phenoxy) is 2. The molecule has 0 unspecified atom stereocenters. The van der Waals surface area contributed by atoms with Crippen LogP contribution in [0, 0.1) is 6.92 Å². The third-order valence-electron chi connectivity index (χ3n) is 7.24. The SMILES string of the molecule is CCn1cc(/C=C2\Oc3c4c(cc(C)c3C2=O)OCN(C2CCCC2)C4)c2ccccc21. The lowest BCUT2D eigenvalue weighted by molar-refractivity contribution is 0.0567. The fourth-order valence-electron chi connectivity index (χ4n) is 5.54. The molecule has 5 nitrogen and oxygen atoms in total. The van der Waals surface area contributed by atoms with Crippen LogP contribution >= 0.6 is 0 Å². The van der Waals surface area contributed by atoms with E-state index in [2.05, 4.69) is 34.7 Å². The molecule has 164 valence electrons. The number of carbonyl (C=O) groups is 1. The summed E-state index contributed by atoms with van der Waals surface area (Å²) in [7, 11) is 0. The van der Waals surface area contributed by atoms with E-state index in [0.717, 1.165) is 40.9 Å². The number of carbonyl (C=O) groups excluding carboxylic acids is 1. The summed E-state index contributed by atoms with van der Waals surface area (Å²) in [5.74, 6) is 1.91. The molecule has 0 bridgehead atoms. The topological polar surface area (TPSA) is 43.7 Å². The van der Waals surface area contributed by atoms with Crippen molar-refractivity contribution in [1.82, 2.24) is 9.47 Å². The number of para-hydroxylation sites is 1. The van der Waals surface area contributed by atoms with Crippen molar-refractivity contribution in [2.45, 2.75) is 58.7 Å². The highest BCUT2D eigenvalue weighted by molar-refractivity contribution is 6.16. The van der Waals surface area contributed by atoms with Crippen LogP contribution in [0.3, 0.4) is 0 Å². The number of aryl methyl sites for hydroxylation is 2. The van der Waals surface area contributed by atoms with Gasteiger partial charge in [0.25, 0.3) is 0 Å². The van der Waals surface area contributed by atoms with Gasteiger partial charge in [-0.25, -0.2) is 0 Å². The smallest absolute Gasteiger partial charge is 0.232 e. The molecule has 3 heterocycles. The van der Waals surface area contributed by atoms with Crippen LogP contribution < -0.4 is 9.47 Å². The monoisotopic (exact) mass is 428 g/mol. The van der Waals surface area contributed by atoms with Crippen LogP contribution in [0.15, 0.2) is 42.3 Å². The summed E-state index contributed by atoms with van der Waals surface area (Å²) >= 11 is 0. The fourth-order valence-corrected chi connectivity index (χ4v) is 5.54. The first-order valence-corrected chi connectivity index (χ1v) is 11.7. The van der Waals surface area contributed by atoms with Gasteiger partial charge >= 0.3 is 0 Å². The minimum Gasteiger partial charge on any atom is -0.478 e. The molecule has 1 aliphatic carbocycles. The predicted molar refractivity (Wildman–Crippen MR) is 125 cm³/mol. The molecule has 0 radical (unpaired) electrons. The van der Waals surface area contributed by atoms with Crippen LogP contribution in [-0.2, 0) is 13.1 Å². The molecule has 32 heavy (non-hydrogen) atoms.